The van der Waals surface area contributed by atoms with Crippen LogP contribution in [0, 0.1) is 0 Å². The van der Waals surface area contributed by atoms with Crippen molar-refractivity contribution in [3.8, 4) is 28.5 Å². The van der Waals surface area contributed by atoms with Gasteiger partial charge in [0.25, 0.3) is 0 Å². The number of hydrogen-bond acceptors (Lipinski definition) is 5. The third-order valence-corrected chi connectivity index (χ3v) is 5.13. The van der Waals surface area contributed by atoms with E-state index in [2.05, 4.69) is 30.4 Å². The molecule has 0 aliphatic rings. The van der Waals surface area contributed by atoms with E-state index in [1.54, 1.807) is 41.2 Å². The lowest BCUT2D eigenvalue weighted by Crippen LogP contribution is -2.21. The summed E-state index contributed by atoms with van der Waals surface area (Å²) in [6, 6.07) is 21.2. The van der Waals surface area contributed by atoms with E-state index in [1.807, 2.05) is 30.3 Å². The van der Waals surface area contributed by atoms with E-state index >= 15 is 0 Å². The molecule has 186 valence electrons. The summed E-state index contributed by atoms with van der Waals surface area (Å²) in [6.07, 6.45) is 0.0300. The number of aromatic nitrogens is 5. The topological polar surface area (TPSA) is 98.9 Å². The van der Waals surface area contributed by atoms with Crippen LogP contribution in [0.1, 0.15) is 0 Å². The highest BCUT2D eigenvalue weighted by molar-refractivity contribution is 5.99. The zero-order valence-corrected chi connectivity index (χ0v) is 18.9. The molecule has 0 spiro atoms. The molecule has 12 heteroatoms. The SMILES string of the molecule is O=C(Nc1ccc(-c2ncn(-c3ccc(OC(F)(F)F)cc3)n2)cc1)Nc1nccn1-c1ccccc1. The molecule has 0 aliphatic carbocycles. The lowest BCUT2D eigenvalue weighted by Gasteiger charge is -2.10. The second kappa shape index (κ2) is 9.85. The van der Waals surface area contributed by atoms with E-state index in [4.69, 9.17) is 0 Å². The first-order valence-electron chi connectivity index (χ1n) is 10.9. The fourth-order valence-electron chi connectivity index (χ4n) is 3.48. The van der Waals surface area contributed by atoms with Gasteiger partial charge in [-0.1, -0.05) is 18.2 Å². The number of rotatable bonds is 6. The lowest BCUT2D eigenvalue weighted by atomic mass is 10.2. The molecule has 0 fully saturated rings. The number of anilines is 2. The van der Waals surface area contributed by atoms with Crippen LogP contribution in [0.5, 0.6) is 5.75 Å². The zero-order valence-electron chi connectivity index (χ0n) is 18.9. The average molecular weight is 505 g/mol. The molecule has 0 aliphatic heterocycles. The van der Waals surface area contributed by atoms with Crippen LogP contribution in [-0.4, -0.2) is 36.7 Å². The van der Waals surface area contributed by atoms with Crippen LogP contribution in [-0.2, 0) is 0 Å². The molecule has 0 unspecified atom stereocenters. The van der Waals surface area contributed by atoms with Gasteiger partial charge in [0.1, 0.15) is 12.1 Å². The maximum atomic E-state index is 12.5. The largest absolute Gasteiger partial charge is 0.573 e. The monoisotopic (exact) mass is 505 g/mol. The van der Waals surface area contributed by atoms with Crippen molar-refractivity contribution in [2.24, 2.45) is 0 Å². The van der Waals surface area contributed by atoms with Gasteiger partial charge >= 0.3 is 12.4 Å². The Morgan fingerprint density at radius 2 is 1.57 bits per heavy atom. The number of hydrogen-bond donors (Lipinski definition) is 2. The van der Waals surface area contributed by atoms with Gasteiger partial charge in [-0.15, -0.1) is 18.3 Å². The van der Waals surface area contributed by atoms with Gasteiger partial charge < -0.3 is 10.1 Å². The van der Waals surface area contributed by atoms with Gasteiger partial charge in [0.15, 0.2) is 5.82 Å². The molecule has 2 amide bonds. The fourth-order valence-corrected chi connectivity index (χ4v) is 3.48. The molecular formula is C25H18F3N7O2. The third-order valence-electron chi connectivity index (χ3n) is 5.13. The summed E-state index contributed by atoms with van der Waals surface area (Å²) in [5.41, 5.74) is 2.59. The van der Waals surface area contributed by atoms with E-state index < -0.39 is 12.4 Å². The van der Waals surface area contributed by atoms with E-state index in [-0.39, 0.29) is 5.75 Å². The Kier molecular flexibility index (Phi) is 6.29. The van der Waals surface area contributed by atoms with E-state index in [0.29, 0.717) is 28.7 Å². The smallest absolute Gasteiger partial charge is 0.406 e. The lowest BCUT2D eigenvalue weighted by molar-refractivity contribution is -0.274. The van der Waals surface area contributed by atoms with Crippen LogP contribution >= 0.6 is 0 Å². The summed E-state index contributed by atoms with van der Waals surface area (Å²) < 4.78 is 44.1. The molecular weight excluding hydrogens is 487 g/mol. The van der Waals surface area contributed by atoms with E-state index in [9.17, 15) is 18.0 Å². The number of nitrogens with one attached hydrogen (secondary N) is 2. The zero-order chi connectivity index (χ0) is 25.8. The van der Waals surface area contributed by atoms with Crippen molar-refractivity contribution < 1.29 is 22.7 Å². The number of amides is 2. The number of nitrogens with zero attached hydrogens (tertiary/aromatic N) is 5. The molecule has 0 radical (unpaired) electrons. The number of urea groups is 1. The third kappa shape index (κ3) is 5.75. The van der Waals surface area contributed by atoms with Crippen LogP contribution in [0.2, 0.25) is 0 Å². The molecule has 2 heterocycles. The number of carbonyl (C=O) groups is 1. The van der Waals surface area contributed by atoms with Gasteiger partial charge in [0, 0.05) is 29.3 Å². The average Bonchev–Trinajstić information content (AvgIpc) is 3.55. The predicted octanol–water partition coefficient (Wildman–Crippen LogP) is 5.66. The van der Waals surface area contributed by atoms with Crippen LogP contribution in [0.4, 0.5) is 29.6 Å². The molecule has 0 bridgehead atoms. The minimum Gasteiger partial charge on any atom is -0.406 e. The summed E-state index contributed by atoms with van der Waals surface area (Å²) in [5.74, 6) is 0.442. The summed E-state index contributed by atoms with van der Waals surface area (Å²) in [5, 5.41) is 9.84. The highest BCUT2D eigenvalue weighted by Gasteiger charge is 2.31. The summed E-state index contributed by atoms with van der Waals surface area (Å²) >= 11 is 0. The van der Waals surface area contributed by atoms with Gasteiger partial charge in [-0.05, 0) is 60.7 Å². The van der Waals surface area contributed by atoms with Crippen LogP contribution in [0.3, 0.4) is 0 Å². The van der Waals surface area contributed by atoms with E-state index in [1.165, 1.54) is 35.3 Å². The number of halogens is 3. The molecule has 0 atom stereocenters. The Morgan fingerprint density at radius 3 is 2.27 bits per heavy atom. The van der Waals surface area contributed by atoms with Crippen molar-refractivity contribution >= 4 is 17.7 Å². The van der Waals surface area contributed by atoms with Gasteiger partial charge in [0.2, 0.25) is 5.95 Å². The fraction of sp³-hybridized carbons (Fsp3) is 0.0400. The van der Waals surface area contributed by atoms with Gasteiger partial charge in [0.05, 0.1) is 5.69 Å². The highest BCUT2D eigenvalue weighted by Crippen LogP contribution is 2.24. The Morgan fingerprint density at radius 1 is 0.838 bits per heavy atom. The molecule has 9 nitrogen and oxygen atoms in total. The van der Waals surface area contributed by atoms with Gasteiger partial charge in [-0.2, -0.15) is 0 Å². The van der Waals surface area contributed by atoms with Crippen molar-refractivity contribution in [2.75, 3.05) is 10.6 Å². The first-order valence-corrected chi connectivity index (χ1v) is 10.9. The van der Waals surface area contributed by atoms with E-state index in [0.717, 1.165) is 5.69 Å². The Hall–Kier alpha value is -5.13. The number of para-hydroxylation sites is 1. The first kappa shape index (κ1) is 23.6. The maximum Gasteiger partial charge on any atom is 0.573 e. The normalized spacial score (nSPS) is 11.2. The Balaban J connectivity index is 1.22. The number of imidazole rings is 1. The number of ether oxygens (including phenoxy) is 1. The van der Waals surface area contributed by atoms with Crippen LogP contribution in [0.25, 0.3) is 22.8 Å². The number of carbonyl (C=O) groups excluding carboxylic acids is 1. The quantitative estimate of drug-likeness (QED) is 0.310. The Labute approximate surface area is 208 Å². The summed E-state index contributed by atoms with van der Waals surface area (Å²) in [4.78, 5) is 20.9. The molecule has 0 saturated heterocycles. The molecule has 2 N–H and O–H groups in total. The molecule has 37 heavy (non-hydrogen) atoms. The number of alkyl halides is 3. The minimum absolute atomic E-state index is 0.326. The standard InChI is InChI=1S/C25H18F3N7O2/c26-25(27,28)37-21-12-10-20(11-13-21)35-16-30-22(33-35)17-6-8-18(9-7-17)31-24(36)32-23-29-14-15-34(23)19-4-2-1-3-5-19/h1-16H,(H2,29,31,32,36). The molecule has 0 saturated carbocycles. The molecule has 5 rings (SSSR count). The highest BCUT2D eigenvalue weighted by atomic mass is 19.4. The van der Waals surface area contributed by atoms with Crippen LogP contribution in [0.15, 0.2) is 97.6 Å². The van der Waals surface area contributed by atoms with Gasteiger partial charge in [-0.3, -0.25) is 9.88 Å². The van der Waals surface area contributed by atoms with Crippen molar-refractivity contribution in [3.63, 3.8) is 0 Å². The second-order valence-electron chi connectivity index (χ2n) is 7.67. The molecule has 2 aromatic heterocycles. The summed E-state index contributed by atoms with van der Waals surface area (Å²) in [6.45, 7) is 0. The summed E-state index contributed by atoms with van der Waals surface area (Å²) in [7, 11) is 0. The van der Waals surface area contributed by atoms with Crippen LogP contribution < -0.4 is 15.4 Å². The first-order chi connectivity index (χ1) is 17.8. The van der Waals surface area contributed by atoms with Crippen molar-refractivity contribution in [1.82, 2.24) is 24.3 Å². The van der Waals surface area contributed by atoms with Crippen molar-refractivity contribution in [2.45, 2.75) is 6.36 Å². The minimum atomic E-state index is -4.76. The Bertz CT molecular complexity index is 1500. The predicted molar refractivity (Wildman–Crippen MR) is 130 cm³/mol. The molecule has 5 aromatic rings. The van der Waals surface area contributed by atoms with Crippen molar-refractivity contribution in [3.05, 3.63) is 97.6 Å². The molecule has 3 aromatic carbocycles. The second-order valence-corrected chi connectivity index (χ2v) is 7.67. The van der Waals surface area contributed by atoms with Gasteiger partial charge in [-0.25, -0.2) is 19.4 Å². The van der Waals surface area contributed by atoms with Crippen molar-refractivity contribution in [1.29, 1.82) is 0 Å². The maximum absolute atomic E-state index is 12.5. The number of benzene rings is 3.